The molecule has 20 heavy (non-hydrogen) atoms. The van der Waals surface area contributed by atoms with Crippen LogP contribution in [0.15, 0.2) is 11.8 Å². The molecule has 5 N–H and O–H groups in total. The van der Waals surface area contributed by atoms with Gasteiger partial charge in [-0.05, 0) is 0 Å². The molecule has 108 valence electrons. The molecule has 0 bridgehead atoms. The molecular weight excluding hydrogens is 270 g/mol. The van der Waals surface area contributed by atoms with Crippen molar-refractivity contribution in [3.63, 3.8) is 0 Å². The van der Waals surface area contributed by atoms with Crippen LogP contribution < -0.4 is 21.3 Å². The van der Waals surface area contributed by atoms with Gasteiger partial charge in [0.1, 0.15) is 18.2 Å². The van der Waals surface area contributed by atoms with Crippen LogP contribution in [0.5, 0.6) is 0 Å². The molecular formula is C10H13N5O5. The maximum Gasteiger partial charge on any atom is 0.322 e. The third-order valence-corrected chi connectivity index (χ3v) is 1.77. The molecule has 0 aromatic heterocycles. The van der Waals surface area contributed by atoms with Gasteiger partial charge in [-0.15, -0.1) is 0 Å². The quantitative estimate of drug-likeness (QED) is 0.269. The van der Waals surface area contributed by atoms with Crippen LogP contribution >= 0.6 is 0 Å². The second kappa shape index (κ2) is 8.92. The molecule has 0 aliphatic heterocycles. The molecule has 0 fully saturated rings. The lowest BCUT2D eigenvalue weighted by Gasteiger charge is -2.04. The number of nitrogens with zero attached hydrogens (tertiary/aromatic N) is 1. The number of urea groups is 1. The van der Waals surface area contributed by atoms with Crippen molar-refractivity contribution in [2.24, 2.45) is 0 Å². The van der Waals surface area contributed by atoms with Gasteiger partial charge in [-0.3, -0.25) is 19.7 Å². The molecule has 10 nitrogen and oxygen atoms in total. The first-order valence-electron chi connectivity index (χ1n) is 5.26. The second-order valence-corrected chi connectivity index (χ2v) is 3.25. The number of carboxylic acids is 1. The Bertz CT molecular complexity index is 479. The molecule has 0 saturated heterocycles. The summed E-state index contributed by atoms with van der Waals surface area (Å²) in [4.78, 5) is 43.5. The molecule has 0 aromatic rings. The summed E-state index contributed by atoms with van der Waals surface area (Å²) in [5, 5.41) is 25.4. The Hall–Kier alpha value is -3.09. The lowest BCUT2D eigenvalue weighted by molar-refractivity contribution is -0.137. The number of carbonyl (C=O) groups excluding carboxylic acids is 3. The molecule has 0 spiro atoms. The SMILES string of the molecule is CNC(=O)NC(=O)/C(C#N)=C/NCC(=O)NCC(=O)O. The van der Waals surface area contributed by atoms with Crippen LogP contribution in [0.25, 0.3) is 0 Å². The van der Waals surface area contributed by atoms with Gasteiger partial charge in [0.2, 0.25) is 5.91 Å². The zero-order valence-corrected chi connectivity index (χ0v) is 10.5. The summed E-state index contributed by atoms with van der Waals surface area (Å²) in [5.41, 5.74) is -0.417. The smallest absolute Gasteiger partial charge is 0.322 e. The van der Waals surface area contributed by atoms with E-state index in [1.165, 1.54) is 13.1 Å². The average molecular weight is 283 g/mol. The number of nitriles is 1. The van der Waals surface area contributed by atoms with E-state index in [-0.39, 0.29) is 6.54 Å². The third-order valence-electron chi connectivity index (χ3n) is 1.77. The molecule has 0 unspecified atom stereocenters. The van der Waals surface area contributed by atoms with Crippen molar-refractivity contribution in [2.45, 2.75) is 0 Å². The van der Waals surface area contributed by atoms with E-state index in [2.05, 4.69) is 16.0 Å². The summed E-state index contributed by atoms with van der Waals surface area (Å²) < 4.78 is 0. The van der Waals surface area contributed by atoms with Crippen molar-refractivity contribution < 1.29 is 24.3 Å². The van der Waals surface area contributed by atoms with Crippen LogP contribution in [0.2, 0.25) is 0 Å². The molecule has 0 aromatic carbocycles. The number of hydrogen-bond acceptors (Lipinski definition) is 6. The fraction of sp³-hybridized carbons (Fsp3) is 0.300. The number of nitrogens with one attached hydrogen (secondary N) is 4. The molecule has 0 radical (unpaired) electrons. The van der Waals surface area contributed by atoms with Crippen LogP contribution in [-0.2, 0) is 14.4 Å². The second-order valence-electron chi connectivity index (χ2n) is 3.25. The normalized spacial score (nSPS) is 9.90. The topological polar surface area (TPSA) is 160 Å². The van der Waals surface area contributed by atoms with E-state index in [0.717, 1.165) is 6.20 Å². The Kier molecular flexibility index (Phi) is 7.54. The molecule has 0 heterocycles. The van der Waals surface area contributed by atoms with Gasteiger partial charge in [-0.1, -0.05) is 0 Å². The molecule has 0 saturated carbocycles. The largest absolute Gasteiger partial charge is 0.480 e. The first kappa shape index (κ1) is 16.9. The van der Waals surface area contributed by atoms with Crippen LogP contribution in [0.1, 0.15) is 0 Å². The van der Waals surface area contributed by atoms with Crippen LogP contribution in [0.4, 0.5) is 4.79 Å². The third kappa shape index (κ3) is 7.28. The van der Waals surface area contributed by atoms with Gasteiger partial charge in [0.05, 0.1) is 6.54 Å². The monoisotopic (exact) mass is 283 g/mol. The van der Waals surface area contributed by atoms with Crippen molar-refractivity contribution in [3.8, 4) is 6.07 Å². The van der Waals surface area contributed by atoms with Crippen LogP contribution in [-0.4, -0.2) is 49.1 Å². The first-order valence-corrected chi connectivity index (χ1v) is 5.26. The number of rotatable bonds is 6. The highest BCUT2D eigenvalue weighted by Gasteiger charge is 2.11. The number of amides is 4. The first-order chi connectivity index (χ1) is 9.40. The highest BCUT2D eigenvalue weighted by Crippen LogP contribution is 1.89. The lowest BCUT2D eigenvalue weighted by Crippen LogP contribution is -2.39. The van der Waals surface area contributed by atoms with Gasteiger partial charge in [0.25, 0.3) is 5.91 Å². The van der Waals surface area contributed by atoms with E-state index < -0.39 is 35.9 Å². The number of imide groups is 1. The van der Waals surface area contributed by atoms with Crippen molar-refractivity contribution in [1.29, 1.82) is 5.26 Å². The summed E-state index contributed by atoms with van der Waals surface area (Å²) in [6.07, 6.45) is 0.943. The number of aliphatic carboxylic acids is 1. The van der Waals surface area contributed by atoms with Crippen molar-refractivity contribution >= 4 is 23.8 Å². The summed E-state index contributed by atoms with van der Waals surface area (Å²) in [7, 11) is 1.30. The fourth-order valence-electron chi connectivity index (χ4n) is 0.864. The van der Waals surface area contributed by atoms with E-state index >= 15 is 0 Å². The number of carboxylic acid groups (broad SMARTS) is 1. The zero-order chi connectivity index (χ0) is 15.5. The van der Waals surface area contributed by atoms with E-state index in [0.29, 0.717) is 0 Å². The predicted octanol–water partition coefficient (Wildman–Crippen LogP) is -2.36. The molecule has 0 atom stereocenters. The molecule has 0 aliphatic rings. The summed E-state index contributed by atoms with van der Waals surface area (Å²) in [5.74, 6) is -2.77. The van der Waals surface area contributed by atoms with E-state index in [1.54, 1.807) is 0 Å². The fourth-order valence-corrected chi connectivity index (χ4v) is 0.864. The molecule has 4 amide bonds. The van der Waals surface area contributed by atoms with Crippen LogP contribution in [0.3, 0.4) is 0 Å². The minimum atomic E-state index is -1.20. The summed E-state index contributed by atoms with van der Waals surface area (Å²) >= 11 is 0. The van der Waals surface area contributed by atoms with E-state index in [9.17, 15) is 19.2 Å². The van der Waals surface area contributed by atoms with E-state index in [1.807, 2.05) is 5.32 Å². The van der Waals surface area contributed by atoms with Crippen LogP contribution in [0, 0.1) is 11.3 Å². The minimum absolute atomic E-state index is 0.328. The predicted molar refractivity (Wildman–Crippen MR) is 64.9 cm³/mol. The zero-order valence-electron chi connectivity index (χ0n) is 10.5. The molecule has 0 rings (SSSR count). The Morgan fingerprint density at radius 2 is 1.90 bits per heavy atom. The van der Waals surface area contributed by atoms with Crippen molar-refractivity contribution in [2.75, 3.05) is 20.1 Å². The Balaban J connectivity index is 4.30. The van der Waals surface area contributed by atoms with Gasteiger partial charge < -0.3 is 21.1 Å². The number of carbonyl (C=O) groups is 4. The van der Waals surface area contributed by atoms with Gasteiger partial charge >= 0.3 is 12.0 Å². The van der Waals surface area contributed by atoms with E-state index in [4.69, 9.17) is 10.4 Å². The highest BCUT2D eigenvalue weighted by molar-refractivity contribution is 6.06. The highest BCUT2D eigenvalue weighted by atomic mass is 16.4. The summed E-state index contributed by atoms with van der Waals surface area (Å²) in [6, 6.07) is 0.754. The van der Waals surface area contributed by atoms with Crippen molar-refractivity contribution in [1.82, 2.24) is 21.3 Å². The molecule has 0 aliphatic carbocycles. The Morgan fingerprint density at radius 1 is 1.25 bits per heavy atom. The maximum absolute atomic E-state index is 11.4. The minimum Gasteiger partial charge on any atom is -0.480 e. The Labute approximate surface area is 113 Å². The van der Waals surface area contributed by atoms with Gasteiger partial charge in [0, 0.05) is 13.2 Å². The summed E-state index contributed by atoms with van der Waals surface area (Å²) in [6.45, 7) is -0.863. The average Bonchev–Trinajstić information content (AvgIpc) is 2.40. The van der Waals surface area contributed by atoms with Gasteiger partial charge in [0.15, 0.2) is 0 Å². The number of hydrogen-bond donors (Lipinski definition) is 5. The standard InChI is InChI=1S/C10H13N5O5/c1-12-10(20)15-9(19)6(2-11)3-13-4-7(16)14-5-8(17)18/h3,13H,4-5H2,1H3,(H,14,16)(H,17,18)(H2,12,15,19,20)/b6-3+. The van der Waals surface area contributed by atoms with Gasteiger partial charge in [-0.25, -0.2) is 4.79 Å². The van der Waals surface area contributed by atoms with Gasteiger partial charge in [-0.2, -0.15) is 5.26 Å². The maximum atomic E-state index is 11.4. The Morgan fingerprint density at radius 3 is 2.40 bits per heavy atom. The van der Waals surface area contributed by atoms with Crippen molar-refractivity contribution in [3.05, 3.63) is 11.8 Å². The molecule has 10 heteroatoms. The lowest BCUT2D eigenvalue weighted by atomic mass is 10.3.